The number of amides is 1. The SMILES string of the molecule is COC[C@H](O)Cn1c(=O)cnn(-c2ccc(Cl)c(C(=O)NC[C@@H](O)c3ccccc3)c2)c1=O. The second-order valence-corrected chi connectivity index (χ2v) is 7.60. The van der Waals surface area contributed by atoms with Crippen LogP contribution in [0.1, 0.15) is 22.0 Å². The van der Waals surface area contributed by atoms with E-state index in [1.807, 2.05) is 6.07 Å². The number of halogens is 1. The lowest BCUT2D eigenvalue weighted by Gasteiger charge is -2.14. The molecule has 0 aliphatic heterocycles. The van der Waals surface area contributed by atoms with Crippen LogP contribution in [0.3, 0.4) is 0 Å². The zero-order valence-corrected chi connectivity index (χ0v) is 18.5. The molecule has 0 aliphatic carbocycles. The number of aliphatic hydroxyl groups excluding tert-OH is 2. The number of nitrogens with zero attached hydrogens (tertiary/aromatic N) is 3. The van der Waals surface area contributed by atoms with Crippen LogP contribution in [0.15, 0.2) is 64.3 Å². The first-order chi connectivity index (χ1) is 15.8. The zero-order chi connectivity index (χ0) is 24.0. The predicted octanol–water partition coefficient (Wildman–Crippen LogP) is 0.518. The molecule has 10 nitrogen and oxygen atoms in total. The number of rotatable bonds is 9. The largest absolute Gasteiger partial charge is 0.389 e. The first-order valence-corrected chi connectivity index (χ1v) is 10.4. The van der Waals surface area contributed by atoms with Crippen molar-refractivity contribution < 1.29 is 19.7 Å². The smallest absolute Gasteiger partial charge is 0.352 e. The minimum atomic E-state index is -1.07. The van der Waals surface area contributed by atoms with Crippen LogP contribution in [0.4, 0.5) is 0 Å². The number of nitrogens with one attached hydrogen (secondary N) is 1. The van der Waals surface area contributed by atoms with Crippen LogP contribution < -0.4 is 16.6 Å². The van der Waals surface area contributed by atoms with E-state index in [2.05, 4.69) is 10.4 Å². The molecule has 0 radical (unpaired) electrons. The molecule has 1 aromatic heterocycles. The van der Waals surface area contributed by atoms with Crippen LogP contribution in [0.25, 0.3) is 5.69 Å². The van der Waals surface area contributed by atoms with Crippen LogP contribution in [0.5, 0.6) is 0 Å². The number of benzene rings is 2. The Morgan fingerprint density at radius 1 is 1.18 bits per heavy atom. The zero-order valence-electron chi connectivity index (χ0n) is 17.7. The molecule has 3 rings (SSSR count). The highest BCUT2D eigenvalue weighted by molar-refractivity contribution is 6.33. The fraction of sp³-hybridized carbons (Fsp3) is 0.273. The van der Waals surface area contributed by atoms with Gasteiger partial charge in [0.1, 0.15) is 6.20 Å². The Hall–Kier alpha value is -3.31. The van der Waals surface area contributed by atoms with Crippen LogP contribution in [-0.4, -0.2) is 56.8 Å². The lowest BCUT2D eigenvalue weighted by Crippen LogP contribution is -2.43. The highest BCUT2D eigenvalue weighted by Gasteiger charge is 2.17. The van der Waals surface area contributed by atoms with E-state index in [9.17, 15) is 24.6 Å². The third kappa shape index (κ3) is 5.93. The van der Waals surface area contributed by atoms with E-state index >= 15 is 0 Å². The maximum atomic E-state index is 12.8. The highest BCUT2D eigenvalue weighted by Crippen LogP contribution is 2.19. The lowest BCUT2D eigenvalue weighted by atomic mass is 10.1. The molecule has 3 aromatic rings. The van der Waals surface area contributed by atoms with E-state index < -0.39 is 29.4 Å². The molecule has 0 saturated carbocycles. The summed E-state index contributed by atoms with van der Waals surface area (Å²) in [6.45, 7) is -0.398. The molecule has 0 bridgehead atoms. The molecule has 0 fully saturated rings. The van der Waals surface area contributed by atoms with Gasteiger partial charge in [0.05, 0.1) is 41.6 Å². The molecule has 0 aliphatic rings. The number of methoxy groups -OCH3 is 1. The first-order valence-electron chi connectivity index (χ1n) is 9.99. The van der Waals surface area contributed by atoms with Gasteiger partial charge in [-0.25, -0.2) is 4.79 Å². The summed E-state index contributed by atoms with van der Waals surface area (Å²) in [4.78, 5) is 37.6. The second-order valence-electron chi connectivity index (χ2n) is 7.20. The molecule has 0 unspecified atom stereocenters. The average Bonchev–Trinajstić information content (AvgIpc) is 2.81. The van der Waals surface area contributed by atoms with Gasteiger partial charge in [0, 0.05) is 13.7 Å². The lowest BCUT2D eigenvalue weighted by molar-refractivity contribution is 0.0519. The quantitative estimate of drug-likeness (QED) is 0.411. The molecule has 1 heterocycles. The molecule has 3 N–H and O–H groups in total. The predicted molar refractivity (Wildman–Crippen MR) is 121 cm³/mol. The minimum Gasteiger partial charge on any atom is -0.389 e. The molecular formula is C22H23ClN4O6. The third-order valence-electron chi connectivity index (χ3n) is 4.79. The van der Waals surface area contributed by atoms with Crippen LogP contribution in [0.2, 0.25) is 5.02 Å². The minimum absolute atomic E-state index is 0.0517. The van der Waals surface area contributed by atoms with Crippen molar-refractivity contribution in [1.82, 2.24) is 19.7 Å². The summed E-state index contributed by atoms with van der Waals surface area (Å²) >= 11 is 6.18. The Morgan fingerprint density at radius 2 is 1.91 bits per heavy atom. The molecule has 174 valence electrons. The van der Waals surface area contributed by atoms with Crippen molar-refractivity contribution in [2.24, 2.45) is 0 Å². The molecule has 0 saturated heterocycles. The fourth-order valence-corrected chi connectivity index (χ4v) is 3.34. The van der Waals surface area contributed by atoms with Gasteiger partial charge in [0.15, 0.2) is 0 Å². The summed E-state index contributed by atoms with van der Waals surface area (Å²) in [6.07, 6.45) is -1.05. The number of aromatic nitrogens is 3. The van der Waals surface area contributed by atoms with Gasteiger partial charge < -0.3 is 20.3 Å². The van der Waals surface area contributed by atoms with Gasteiger partial charge in [-0.05, 0) is 23.8 Å². The number of hydrogen-bond acceptors (Lipinski definition) is 7. The maximum absolute atomic E-state index is 12.8. The second kappa shape index (κ2) is 11.0. The highest BCUT2D eigenvalue weighted by atomic mass is 35.5. The number of aliphatic hydroxyl groups is 2. The molecule has 1 amide bonds. The monoisotopic (exact) mass is 474 g/mol. The Labute approximate surface area is 193 Å². The van der Waals surface area contributed by atoms with Crippen molar-refractivity contribution in [2.75, 3.05) is 20.3 Å². The maximum Gasteiger partial charge on any atom is 0.352 e. The van der Waals surface area contributed by atoms with Crippen LogP contribution in [-0.2, 0) is 11.3 Å². The summed E-state index contributed by atoms with van der Waals surface area (Å²) in [5, 5.41) is 26.7. The topological polar surface area (TPSA) is 136 Å². The van der Waals surface area contributed by atoms with E-state index in [0.29, 0.717) is 5.56 Å². The van der Waals surface area contributed by atoms with Crippen molar-refractivity contribution in [2.45, 2.75) is 18.8 Å². The summed E-state index contributed by atoms with van der Waals surface area (Å²) in [7, 11) is 1.38. The van der Waals surface area contributed by atoms with Gasteiger partial charge in [-0.3, -0.25) is 14.2 Å². The molecule has 2 atom stereocenters. The molecule has 0 spiro atoms. The van der Waals surface area contributed by atoms with E-state index in [-0.39, 0.29) is 36.0 Å². The third-order valence-corrected chi connectivity index (χ3v) is 5.12. The van der Waals surface area contributed by atoms with E-state index in [1.165, 1.54) is 25.3 Å². The average molecular weight is 475 g/mol. The summed E-state index contributed by atoms with van der Waals surface area (Å²) in [6, 6.07) is 13.1. The van der Waals surface area contributed by atoms with E-state index in [4.69, 9.17) is 16.3 Å². The van der Waals surface area contributed by atoms with Gasteiger partial charge in [0.25, 0.3) is 11.5 Å². The Balaban J connectivity index is 1.85. The van der Waals surface area contributed by atoms with Gasteiger partial charge in [0.2, 0.25) is 0 Å². The first kappa shape index (κ1) is 24.3. The van der Waals surface area contributed by atoms with Crippen LogP contribution in [0, 0.1) is 0 Å². The van der Waals surface area contributed by atoms with Gasteiger partial charge in [-0.1, -0.05) is 41.9 Å². The molecule has 11 heteroatoms. The van der Waals surface area contributed by atoms with E-state index in [0.717, 1.165) is 15.4 Å². The van der Waals surface area contributed by atoms with Crippen molar-refractivity contribution in [1.29, 1.82) is 0 Å². The Kier molecular flexibility index (Phi) is 8.12. The molecular weight excluding hydrogens is 452 g/mol. The van der Waals surface area contributed by atoms with Crippen molar-refractivity contribution >= 4 is 17.5 Å². The Bertz CT molecular complexity index is 1230. The molecule has 2 aromatic carbocycles. The van der Waals surface area contributed by atoms with Gasteiger partial charge in [-0.2, -0.15) is 9.78 Å². The number of ether oxygens (including phenoxy) is 1. The van der Waals surface area contributed by atoms with Crippen LogP contribution >= 0.6 is 11.6 Å². The fourth-order valence-electron chi connectivity index (χ4n) is 3.13. The standard InChI is InChI=1S/C22H23ClN4O6/c1-33-13-16(28)12-26-20(30)11-25-27(22(26)32)15-7-8-18(23)17(9-15)21(31)24-10-19(29)14-5-3-2-4-6-14/h2-9,11,16,19,28-29H,10,12-13H2,1H3,(H,24,31)/t16-,19-/m1/s1. The summed E-state index contributed by atoms with van der Waals surface area (Å²) in [5.74, 6) is -0.561. The summed E-state index contributed by atoms with van der Waals surface area (Å²) < 4.78 is 6.57. The normalized spacial score (nSPS) is 12.8. The van der Waals surface area contributed by atoms with Gasteiger partial charge >= 0.3 is 5.69 Å². The van der Waals surface area contributed by atoms with Crippen molar-refractivity contribution in [3.63, 3.8) is 0 Å². The van der Waals surface area contributed by atoms with Gasteiger partial charge in [-0.15, -0.1) is 0 Å². The number of hydrogen-bond donors (Lipinski definition) is 3. The summed E-state index contributed by atoms with van der Waals surface area (Å²) in [5.41, 5.74) is -0.598. The molecule has 33 heavy (non-hydrogen) atoms. The number of carbonyl (C=O) groups excluding carboxylic acids is 1. The van der Waals surface area contributed by atoms with E-state index in [1.54, 1.807) is 24.3 Å². The van der Waals surface area contributed by atoms with Crippen molar-refractivity contribution in [3.05, 3.63) is 91.7 Å². The van der Waals surface area contributed by atoms with Crippen molar-refractivity contribution in [3.8, 4) is 5.69 Å². The Morgan fingerprint density at radius 3 is 2.61 bits per heavy atom. The number of carbonyl (C=O) groups is 1.